The molecule has 0 bridgehead atoms. The predicted octanol–water partition coefficient (Wildman–Crippen LogP) is 4.99. The number of benzene rings is 2. The van der Waals surface area contributed by atoms with Gasteiger partial charge < -0.3 is 10.6 Å². The molecule has 0 unspecified atom stereocenters. The summed E-state index contributed by atoms with van der Waals surface area (Å²) >= 11 is 0. The van der Waals surface area contributed by atoms with Crippen LogP contribution < -0.4 is 10.6 Å². The van der Waals surface area contributed by atoms with E-state index in [4.69, 9.17) is 0 Å². The third-order valence-corrected chi connectivity index (χ3v) is 5.40. The molecule has 2 aromatic rings. The SMILES string of the molecule is CNc1ccc(-c2ccc(CC3CCC(NC)CC3)cc2)c(F)c1F. The molecular formula is C21H26F2N2. The fraction of sp³-hybridized carbons (Fsp3) is 0.429. The molecule has 134 valence electrons. The zero-order valence-electron chi connectivity index (χ0n) is 14.9. The lowest BCUT2D eigenvalue weighted by atomic mass is 9.82. The van der Waals surface area contributed by atoms with Crippen molar-refractivity contribution in [3.8, 4) is 11.1 Å². The van der Waals surface area contributed by atoms with Gasteiger partial charge in [-0.15, -0.1) is 0 Å². The topological polar surface area (TPSA) is 24.1 Å². The lowest BCUT2D eigenvalue weighted by Crippen LogP contribution is -2.30. The maximum Gasteiger partial charge on any atom is 0.182 e. The van der Waals surface area contributed by atoms with E-state index in [-0.39, 0.29) is 5.69 Å². The summed E-state index contributed by atoms with van der Waals surface area (Å²) in [6, 6.07) is 11.7. The highest BCUT2D eigenvalue weighted by molar-refractivity contribution is 5.67. The fourth-order valence-corrected chi connectivity index (χ4v) is 3.77. The van der Waals surface area contributed by atoms with Crippen LogP contribution in [0.4, 0.5) is 14.5 Å². The van der Waals surface area contributed by atoms with Crippen LogP contribution in [0.15, 0.2) is 36.4 Å². The molecule has 25 heavy (non-hydrogen) atoms. The van der Waals surface area contributed by atoms with Gasteiger partial charge in [0.15, 0.2) is 11.6 Å². The average Bonchev–Trinajstić information content (AvgIpc) is 2.65. The Morgan fingerprint density at radius 1 is 0.880 bits per heavy atom. The molecule has 0 heterocycles. The van der Waals surface area contributed by atoms with Crippen molar-refractivity contribution in [3.63, 3.8) is 0 Å². The van der Waals surface area contributed by atoms with Crippen LogP contribution in [0.5, 0.6) is 0 Å². The van der Waals surface area contributed by atoms with E-state index in [1.54, 1.807) is 19.2 Å². The van der Waals surface area contributed by atoms with Gasteiger partial charge in [0.25, 0.3) is 0 Å². The molecule has 2 aromatic carbocycles. The Morgan fingerprint density at radius 2 is 1.56 bits per heavy atom. The van der Waals surface area contributed by atoms with Crippen molar-refractivity contribution < 1.29 is 8.78 Å². The molecule has 2 nitrogen and oxygen atoms in total. The second-order valence-electron chi connectivity index (χ2n) is 6.95. The van der Waals surface area contributed by atoms with Crippen LogP contribution in [0.1, 0.15) is 31.2 Å². The third kappa shape index (κ3) is 4.01. The van der Waals surface area contributed by atoms with Gasteiger partial charge in [-0.1, -0.05) is 24.3 Å². The molecule has 1 aliphatic rings. The number of rotatable bonds is 5. The fourth-order valence-electron chi connectivity index (χ4n) is 3.77. The van der Waals surface area contributed by atoms with Crippen LogP contribution in [0.3, 0.4) is 0 Å². The number of nitrogens with one attached hydrogen (secondary N) is 2. The first-order valence-electron chi connectivity index (χ1n) is 9.04. The Hall–Kier alpha value is -1.94. The zero-order valence-corrected chi connectivity index (χ0v) is 14.9. The van der Waals surface area contributed by atoms with E-state index in [9.17, 15) is 8.78 Å². The average molecular weight is 344 g/mol. The Labute approximate surface area is 148 Å². The summed E-state index contributed by atoms with van der Waals surface area (Å²) in [7, 11) is 3.62. The summed E-state index contributed by atoms with van der Waals surface area (Å²) in [5.41, 5.74) is 2.46. The summed E-state index contributed by atoms with van der Waals surface area (Å²) in [4.78, 5) is 0. The number of halogens is 2. The molecule has 0 atom stereocenters. The minimum absolute atomic E-state index is 0.176. The van der Waals surface area contributed by atoms with Gasteiger partial charge in [0.05, 0.1) is 5.69 Å². The van der Waals surface area contributed by atoms with Crippen LogP contribution in [0, 0.1) is 17.6 Å². The van der Waals surface area contributed by atoms with Crippen molar-refractivity contribution in [2.24, 2.45) is 5.92 Å². The van der Waals surface area contributed by atoms with E-state index < -0.39 is 11.6 Å². The second-order valence-corrected chi connectivity index (χ2v) is 6.95. The molecule has 2 N–H and O–H groups in total. The van der Waals surface area contributed by atoms with Crippen molar-refractivity contribution in [2.45, 2.75) is 38.1 Å². The monoisotopic (exact) mass is 344 g/mol. The van der Waals surface area contributed by atoms with E-state index in [2.05, 4.69) is 10.6 Å². The molecule has 0 aromatic heterocycles. The van der Waals surface area contributed by atoms with Crippen molar-refractivity contribution in [3.05, 3.63) is 53.6 Å². The quantitative estimate of drug-likeness (QED) is 0.798. The first-order chi connectivity index (χ1) is 12.1. The standard InChI is InChI=1S/C21H26F2N2/c1-24-17-9-5-15(6-10-17)13-14-3-7-16(8-4-14)18-11-12-19(25-2)21(23)20(18)22/h3-4,7-8,11-12,15,17,24-25H,5-6,9-10,13H2,1-2H3. The number of hydrogen-bond acceptors (Lipinski definition) is 2. The zero-order chi connectivity index (χ0) is 17.8. The van der Waals surface area contributed by atoms with Gasteiger partial charge in [0.1, 0.15) is 0 Å². The molecule has 1 saturated carbocycles. The highest BCUT2D eigenvalue weighted by atomic mass is 19.2. The Morgan fingerprint density at radius 3 is 2.16 bits per heavy atom. The van der Waals surface area contributed by atoms with Gasteiger partial charge in [-0.05, 0) is 68.3 Å². The third-order valence-electron chi connectivity index (χ3n) is 5.40. The minimum Gasteiger partial charge on any atom is -0.386 e. The summed E-state index contributed by atoms with van der Waals surface area (Å²) in [5, 5.41) is 6.02. The van der Waals surface area contributed by atoms with E-state index >= 15 is 0 Å². The van der Waals surface area contributed by atoms with E-state index in [1.807, 2.05) is 31.3 Å². The Balaban J connectivity index is 1.70. The van der Waals surface area contributed by atoms with Crippen molar-refractivity contribution in [1.82, 2.24) is 5.32 Å². The van der Waals surface area contributed by atoms with E-state index in [0.717, 1.165) is 12.3 Å². The summed E-state index contributed by atoms with van der Waals surface area (Å²) < 4.78 is 28.2. The van der Waals surface area contributed by atoms with E-state index in [1.165, 1.54) is 31.2 Å². The Kier molecular flexibility index (Phi) is 5.69. The van der Waals surface area contributed by atoms with Gasteiger partial charge in [-0.3, -0.25) is 0 Å². The molecule has 0 spiro atoms. The molecule has 3 rings (SSSR count). The highest BCUT2D eigenvalue weighted by Crippen LogP contribution is 2.30. The molecule has 1 fully saturated rings. The molecule has 1 aliphatic carbocycles. The van der Waals surface area contributed by atoms with Crippen molar-refractivity contribution in [2.75, 3.05) is 19.4 Å². The highest BCUT2D eigenvalue weighted by Gasteiger charge is 2.20. The largest absolute Gasteiger partial charge is 0.386 e. The number of anilines is 1. The molecule has 0 amide bonds. The Bertz CT molecular complexity index is 705. The lowest BCUT2D eigenvalue weighted by molar-refractivity contribution is 0.300. The molecule has 0 aliphatic heterocycles. The van der Waals surface area contributed by atoms with E-state index in [0.29, 0.717) is 17.2 Å². The van der Waals surface area contributed by atoms with Crippen LogP contribution in [-0.2, 0) is 6.42 Å². The summed E-state index contributed by atoms with van der Waals surface area (Å²) in [6.45, 7) is 0. The van der Waals surface area contributed by atoms with Gasteiger partial charge in [0.2, 0.25) is 0 Å². The summed E-state index contributed by atoms with van der Waals surface area (Å²) in [6.07, 6.45) is 6.03. The van der Waals surface area contributed by atoms with Gasteiger partial charge >= 0.3 is 0 Å². The van der Waals surface area contributed by atoms with Gasteiger partial charge in [-0.25, -0.2) is 8.78 Å². The van der Waals surface area contributed by atoms with Crippen LogP contribution in [0.2, 0.25) is 0 Å². The van der Waals surface area contributed by atoms with Crippen LogP contribution in [-0.4, -0.2) is 20.1 Å². The van der Waals surface area contributed by atoms with Gasteiger partial charge in [0, 0.05) is 18.7 Å². The van der Waals surface area contributed by atoms with Crippen LogP contribution >= 0.6 is 0 Å². The first kappa shape index (κ1) is 17.9. The van der Waals surface area contributed by atoms with Crippen molar-refractivity contribution >= 4 is 5.69 Å². The second kappa shape index (κ2) is 7.96. The maximum atomic E-state index is 14.3. The van der Waals surface area contributed by atoms with Crippen LogP contribution in [0.25, 0.3) is 11.1 Å². The molecule has 0 saturated heterocycles. The minimum atomic E-state index is -0.828. The number of hydrogen-bond donors (Lipinski definition) is 2. The first-order valence-corrected chi connectivity index (χ1v) is 9.04. The normalized spacial score (nSPS) is 20.5. The van der Waals surface area contributed by atoms with Gasteiger partial charge in [-0.2, -0.15) is 0 Å². The molecular weight excluding hydrogens is 318 g/mol. The molecule has 0 radical (unpaired) electrons. The maximum absolute atomic E-state index is 14.3. The smallest absolute Gasteiger partial charge is 0.182 e. The van der Waals surface area contributed by atoms with Crippen molar-refractivity contribution in [1.29, 1.82) is 0 Å². The predicted molar refractivity (Wildman–Crippen MR) is 99.9 cm³/mol. The summed E-state index contributed by atoms with van der Waals surface area (Å²) in [5.74, 6) is -0.907. The lowest BCUT2D eigenvalue weighted by Gasteiger charge is -2.28. The molecule has 4 heteroatoms.